The van der Waals surface area contributed by atoms with Crippen molar-refractivity contribution in [2.75, 3.05) is 0 Å². The molecular formula is C14H10N2O. The maximum absolute atomic E-state index is 9.29. The van der Waals surface area contributed by atoms with Gasteiger partial charge in [0.2, 0.25) is 0 Å². The van der Waals surface area contributed by atoms with Crippen LogP contribution < -0.4 is 0 Å². The van der Waals surface area contributed by atoms with E-state index in [1.807, 2.05) is 30.3 Å². The van der Waals surface area contributed by atoms with E-state index >= 15 is 0 Å². The van der Waals surface area contributed by atoms with Crippen molar-refractivity contribution in [2.45, 2.75) is 0 Å². The molecule has 1 heterocycles. The molecule has 17 heavy (non-hydrogen) atoms. The van der Waals surface area contributed by atoms with Gasteiger partial charge in [0.25, 0.3) is 0 Å². The Balaban J connectivity index is 2.27. The van der Waals surface area contributed by atoms with Gasteiger partial charge in [0.15, 0.2) is 0 Å². The van der Waals surface area contributed by atoms with Crippen LogP contribution in [-0.2, 0) is 0 Å². The van der Waals surface area contributed by atoms with Crippen LogP contribution in [0.2, 0.25) is 0 Å². The van der Waals surface area contributed by atoms with Crippen LogP contribution in [-0.4, -0.2) is 15.1 Å². The zero-order valence-corrected chi connectivity index (χ0v) is 9.04. The van der Waals surface area contributed by atoms with Crippen molar-refractivity contribution in [3.05, 3.63) is 55.0 Å². The lowest BCUT2D eigenvalue weighted by Crippen LogP contribution is -1.85. The zero-order valence-electron chi connectivity index (χ0n) is 9.04. The lowest BCUT2D eigenvalue weighted by molar-refractivity contribution is 0.475. The minimum atomic E-state index is 0.267. The van der Waals surface area contributed by atoms with Crippen molar-refractivity contribution in [3.8, 4) is 16.9 Å². The Kier molecular flexibility index (Phi) is 2.22. The Hall–Kier alpha value is -2.42. The minimum Gasteiger partial charge on any atom is -0.508 e. The maximum atomic E-state index is 9.29. The Bertz CT molecular complexity index is 657. The second kappa shape index (κ2) is 3.87. The number of para-hydroxylation sites is 1. The average Bonchev–Trinajstić information content (AvgIpc) is 2.39. The number of phenols is 1. The molecule has 0 radical (unpaired) electrons. The fourth-order valence-electron chi connectivity index (χ4n) is 1.89. The van der Waals surface area contributed by atoms with Crippen LogP contribution in [0.15, 0.2) is 55.0 Å². The van der Waals surface area contributed by atoms with Crippen LogP contribution in [0.4, 0.5) is 0 Å². The summed E-state index contributed by atoms with van der Waals surface area (Å²) in [6.45, 7) is 0. The molecule has 1 N–H and O–H groups in total. The number of hydrogen-bond donors (Lipinski definition) is 1. The summed E-state index contributed by atoms with van der Waals surface area (Å²) in [5, 5.41) is 10.3. The quantitative estimate of drug-likeness (QED) is 0.688. The molecule has 0 atom stereocenters. The van der Waals surface area contributed by atoms with Crippen molar-refractivity contribution in [3.63, 3.8) is 0 Å². The van der Waals surface area contributed by atoms with Gasteiger partial charge in [-0.25, -0.2) is 9.97 Å². The maximum Gasteiger partial charge on any atom is 0.116 e. The summed E-state index contributed by atoms with van der Waals surface area (Å²) in [6.07, 6.45) is 3.35. The molecule has 0 bridgehead atoms. The van der Waals surface area contributed by atoms with Crippen molar-refractivity contribution < 1.29 is 5.11 Å². The van der Waals surface area contributed by atoms with Crippen molar-refractivity contribution >= 4 is 10.9 Å². The summed E-state index contributed by atoms with van der Waals surface area (Å²) in [4.78, 5) is 8.32. The largest absolute Gasteiger partial charge is 0.508 e. The van der Waals surface area contributed by atoms with Crippen molar-refractivity contribution in [1.82, 2.24) is 9.97 Å². The highest BCUT2D eigenvalue weighted by Gasteiger charge is 2.04. The predicted molar refractivity (Wildman–Crippen MR) is 66.6 cm³/mol. The first kappa shape index (κ1) is 9.78. The lowest BCUT2D eigenvalue weighted by Gasteiger charge is -2.05. The van der Waals surface area contributed by atoms with Gasteiger partial charge in [-0.2, -0.15) is 0 Å². The molecule has 0 saturated carbocycles. The summed E-state index contributed by atoms with van der Waals surface area (Å²) < 4.78 is 0. The molecule has 0 amide bonds. The summed E-state index contributed by atoms with van der Waals surface area (Å²) in [7, 11) is 0. The van der Waals surface area contributed by atoms with E-state index in [1.54, 1.807) is 24.7 Å². The van der Waals surface area contributed by atoms with Crippen LogP contribution in [0, 0.1) is 0 Å². The lowest BCUT2D eigenvalue weighted by atomic mass is 10.0. The van der Waals surface area contributed by atoms with Gasteiger partial charge in [-0.15, -0.1) is 0 Å². The fourth-order valence-corrected chi connectivity index (χ4v) is 1.89. The molecule has 0 spiro atoms. The van der Waals surface area contributed by atoms with Crippen LogP contribution in [0.1, 0.15) is 0 Å². The highest BCUT2D eigenvalue weighted by molar-refractivity contribution is 5.92. The summed E-state index contributed by atoms with van der Waals surface area (Å²) in [6, 6.07) is 13.1. The first-order valence-corrected chi connectivity index (χ1v) is 5.33. The van der Waals surface area contributed by atoms with Crippen molar-refractivity contribution in [1.29, 1.82) is 0 Å². The molecule has 0 aliphatic carbocycles. The molecule has 3 rings (SSSR count). The van der Waals surface area contributed by atoms with Gasteiger partial charge in [-0.1, -0.05) is 30.3 Å². The Morgan fingerprint density at radius 1 is 0.941 bits per heavy atom. The third kappa shape index (κ3) is 1.72. The standard InChI is InChI=1S/C14H10N2O/c17-12-6-4-10(5-7-12)13-3-1-2-11-8-15-9-16-14(11)13/h1-9,17H. The van der Waals surface area contributed by atoms with Gasteiger partial charge >= 0.3 is 0 Å². The second-order valence-corrected chi connectivity index (χ2v) is 3.81. The van der Waals surface area contributed by atoms with Gasteiger partial charge in [-0.05, 0) is 17.7 Å². The number of phenolic OH excluding ortho intramolecular Hbond substituents is 1. The highest BCUT2D eigenvalue weighted by atomic mass is 16.3. The molecule has 2 aromatic carbocycles. The molecular weight excluding hydrogens is 212 g/mol. The van der Waals surface area contributed by atoms with Gasteiger partial charge < -0.3 is 5.11 Å². The molecule has 82 valence electrons. The number of hydrogen-bond acceptors (Lipinski definition) is 3. The van der Waals surface area contributed by atoms with E-state index in [0.29, 0.717) is 0 Å². The van der Waals surface area contributed by atoms with Crippen LogP contribution in [0.5, 0.6) is 5.75 Å². The number of aromatic hydroxyl groups is 1. The average molecular weight is 222 g/mol. The molecule has 1 aromatic heterocycles. The fraction of sp³-hybridized carbons (Fsp3) is 0. The van der Waals surface area contributed by atoms with Crippen LogP contribution in [0.3, 0.4) is 0 Å². The van der Waals surface area contributed by atoms with Crippen LogP contribution >= 0.6 is 0 Å². The van der Waals surface area contributed by atoms with Crippen molar-refractivity contribution in [2.24, 2.45) is 0 Å². The number of rotatable bonds is 1. The molecule has 0 saturated heterocycles. The smallest absolute Gasteiger partial charge is 0.116 e. The normalized spacial score (nSPS) is 10.6. The van der Waals surface area contributed by atoms with Gasteiger partial charge in [0, 0.05) is 17.1 Å². The Labute approximate surface area is 98.4 Å². The summed E-state index contributed by atoms with van der Waals surface area (Å²) in [5.41, 5.74) is 3.00. The molecule has 3 nitrogen and oxygen atoms in total. The molecule has 0 unspecified atom stereocenters. The number of fused-ring (bicyclic) bond motifs is 1. The van der Waals surface area contributed by atoms with E-state index in [2.05, 4.69) is 9.97 Å². The second-order valence-electron chi connectivity index (χ2n) is 3.81. The van der Waals surface area contributed by atoms with Gasteiger partial charge in [-0.3, -0.25) is 0 Å². The van der Waals surface area contributed by atoms with E-state index in [0.717, 1.165) is 22.0 Å². The topological polar surface area (TPSA) is 46.0 Å². The van der Waals surface area contributed by atoms with E-state index in [-0.39, 0.29) is 5.75 Å². The molecule has 3 heteroatoms. The third-order valence-electron chi connectivity index (χ3n) is 2.71. The van der Waals surface area contributed by atoms with Crippen LogP contribution in [0.25, 0.3) is 22.0 Å². The summed E-state index contributed by atoms with van der Waals surface area (Å²) >= 11 is 0. The molecule has 0 aliphatic rings. The van der Waals surface area contributed by atoms with E-state index in [9.17, 15) is 5.11 Å². The summed E-state index contributed by atoms with van der Waals surface area (Å²) in [5.74, 6) is 0.267. The SMILES string of the molecule is Oc1ccc(-c2cccc3cncnc23)cc1. The highest BCUT2D eigenvalue weighted by Crippen LogP contribution is 2.27. The monoisotopic (exact) mass is 222 g/mol. The minimum absolute atomic E-state index is 0.267. The zero-order chi connectivity index (χ0) is 11.7. The Morgan fingerprint density at radius 2 is 1.76 bits per heavy atom. The predicted octanol–water partition coefficient (Wildman–Crippen LogP) is 3.00. The Morgan fingerprint density at radius 3 is 2.59 bits per heavy atom. The molecule has 0 fully saturated rings. The third-order valence-corrected chi connectivity index (χ3v) is 2.71. The van der Waals surface area contributed by atoms with E-state index in [1.165, 1.54) is 0 Å². The van der Waals surface area contributed by atoms with E-state index in [4.69, 9.17) is 0 Å². The molecule has 0 aliphatic heterocycles. The number of benzene rings is 2. The molecule has 3 aromatic rings. The number of aromatic nitrogens is 2. The van der Waals surface area contributed by atoms with Gasteiger partial charge in [0.05, 0.1) is 5.52 Å². The first-order valence-electron chi connectivity index (χ1n) is 5.33. The van der Waals surface area contributed by atoms with Gasteiger partial charge in [0.1, 0.15) is 12.1 Å². The van der Waals surface area contributed by atoms with E-state index < -0.39 is 0 Å². The first-order chi connectivity index (χ1) is 8.34. The number of nitrogens with zero attached hydrogens (tertiary/aromatic N) is 2.